The Bertz CT molecular complexity index is 646. The van der Waals surface area contributed by atoms with Crippen LogP contribution < -0.4 is 0 Å². The summed E-state index contributed by atoms with van der Waals surface area (Å²) >= 11 is 0. The quantitative estimate of drug-likeness (QED) is 0.887. The Morgan fingerprint density at radius 3 is 2.21 bits per heavy atom. The van der Waals surface area contributed by atoms with Gasteiger partial charge in [-0.3, -0.25) is 9.59 Å². The number of carboxylic acids is 1. The SMILES string of the molecule is O=C(O)c1ccccc1C(=O)N1CCN(C(=O)C2CCCO2)CC1. The van der Waals surface area contributed by atoms with Gasteiger partial charge >= 0.3 is 5.97 Å². The monoisotopic (exact) mass is 332 g/mol. The Labute approximate surface area is 139 Å². The van der Waals surface area contributed by atoms with Crippen molar-refractivity contribution in [3.63, 3.8) is 0 Å². The van der Waals surface area contributed by atoms with Crippen LogP contribution in [0.1, 0.15) is 33.6 Å². The minimum Gasteiger partial charge on any atom is -0.478 e. The van der Waals surface area contributed by atoms with E-state index in [0.29, 0.717) is 32.8 Å². The number of rotatable bonds is 3. The van der Waals surface area contributed by atoms with E-state index in [4.69, 9.17) is 4.74 Å². The molecule has 0 spiro atoms. The van der Waals surface area contributed by atoms with E-state index in [2.05, 4.69) is 0 Å². The lowest BCUT2D eigenvalue weighted by Gasteiger charge is -2.36. The second-order valence-electron chi connectivity index (χ2n) is 5.97. The summed E-state index contributed by atoms with van der Waals surface area (Å²) in [4.78, 5) is 39.5. The smallest absolute Gasteiger partial charge is 0.336 e. The molecule has 1 aromatic carbocycles. The summed E-state index contributed by atoms with van der Waals surface area (Å²) in [7, 11) is 0. The van der Waals surface area contributed by atoms with Crippen molar-refractivity contribution in [1.82, 2.24) is 9.80 Å². The molecule has 1 N–H and O–H groups in total. The van der Waals surface area contributed by atoms with Crippen molar-refractivity contribution in [2.75, 3.05) is 32.8 Å². The zero-order chi connectivity index (χ0) is 17.1. The highest BCUT2D eigenvalue weighted by Gasteiger charge is 2.32. The second-order valence-corrected chi connectivity index (χ2v) is 5.97. The lowest BCUT2D eigenvalue weighted by atomic mass is 10.1. The highest BCUT2D eigenvalue weighted by Crippen LogP contribution is 2.18. The van der Waals surface area contributed by atoms with Crippen molar-refractivity contribution < 1.29 is 24.2 Å². The van der Waals surface area contributed by atoms with Gasteiger partial charge in [0.05, 0.1) is 11.1 Å². The molecule has 2 aliphatic rings. The zero-order valence-corrected chi connectivity index (χ0v) is 13.3. The van der Waals surface area contributed by atoms with Gasteiger partial charge in [-0.2, -0.15) is 0 Å². The van der Waals surface area contributed by atoms with Crippen LogP contribution in [-0.4, -0.2) is 71.6 Å². The maximum atomic E-state index is 12.6. The molecule has 0 aromatic heterocycles. The first-order valence-electron chi connectivity index (χ1n) is 8.10. The molecule has 0 bridgehead atoms. The third-order valence-corrected chi connectivity index (χ3v) is 4.47. The van der Waals surface area contributed by atoms with Crippen LogP contribution in [0.2, 0.25) is 0 Å². The number of amides is 2. The molecule has 128 valence electrons. The number of benzene rings is 1. The van der Waals surface area contributed by atoms with E-state index in [1.165, 1.54) is 12.1 Å². The Balaban J connectivity index is 1.63. The molecule has 7 nitrogen and oxygen atoms in total. The maximum absolute atomic E-state index is 12.6. The highest BCUT2D eigenvalue weighted by atomic mass is 16.5. The highest BCUT2D eigenvalue weighted by molar-refractivity contribution is 6.04. The number of carboxylic acid groups (broad SMARTS) is 1. The molecular formula is C17H20N2O5. The summed E-state index contributed by atoms with van der Waals surface area (Å²) in [6, 6.07) is 6.19. The zero-order valence-electron chi connectivity index (χ0n) is 13.3. The third-order valence-electron chi connectivity index (χ3n) is 4.47. The van der Waals surface area contributed by atoms with Crippen molar-refractivity contribution in [2.24, 2.45) is 0 Å². The van der Waals surface area contributed by atoms with Gasteiger partial charge in [-0.15, -0.1) is 0 Å². The fourth-order valence-electron chi connectivity index (χ4n) is 3.13. The number of nitrogens with zero attached hydrogens (tertiary/aromatic N) is 2. The summed E-state index contributed by atoms with van der Waals surface area (Å²) in [6.07, 6.45) is 1.31. The first-order chi connectivity index (χ1) is 11.6. The average Bonchev–Trinajstić information content (AvgIpc) is 3.15. The topological polar surface area (TPSA) is 87.2 Å². The molecule has 0 saturated carbocycles. The summed E-state index contributed by atoms with van der Waals surface area (Å²) in [6.45, 7) is 2.30. The lowest BCUT2D eigenvalue weighted by Crippen LogP contribution is -2.53. The van der Waals surface area contributed by atoms with Gasteiger partial charge in [0.25, 0.3) is 11.8 Å². The largest absolute Gasteiger partial charge is 0.478 e. The number of hydrogen-bond donors (Lipinski definition) is 1. The molecule has 1 atom stereocenters. The molecule has 0 radical (unpaired) electrons. The van der Waals surface area contributed by atoms with Gasteiger partial charge in [-0.1, -0.05) is 12.1 Å². The number of aromatic carboxylic acids is 1. The predicted molar refractivity (Wildman–Crippen MR) is 84.9 cm³/mol. The van der Waals surface area contributed by atoms with Gasteiger partial charge in [-0.05, 0) is 25.0 Å². The lowest BCUT2D eigenvalue weighted by molar-refractivity contribution is -0.142. The molecule has 24 heavy (non-hydrogen) atoms. The molecule has 2 heterocycles. The molecule has 3 rings (SSSR count). The summed E-state index contributed by atoms with van der Waals surface area (Å²) in [5.41, 5.74) is 0.185. The van der Waals surface area contributed by atoms with E-state index in [0.717, 1.165) is 12.8 Å². The number of carbonyl (C=O) groups is 3. The van der Waals surface area contributed by atoms with Gasteiger partial charge < -0.3 is 19.6 Å². The number of piperazine rings is 1. The van der Waals surface area contributed by atoms with Crippen LogP contribution in [0, 0.1) is 0 Å². The van der Waals surface area contributed by atoms with Crippen LogP contribution in [0.3, 0.4) is 0 Å². The van der Waals surface area contributed by atoms with E-state index in [9.17, 15) is 19.5 Å². The van der Waals surface area contributed by atoms with Crippen LogP contribution in [0.25, 0.3) is 0 Å². The van der Waals surface area contributed by atoms with E-state index >= 15 is 0 Å². The molecule has 1 aromatic rings. The molecule has 1 unspecified atom stereocenters. The van der Waals surface area contributed by atoms with Crippen molar-refractivity contribution in [3.8, 4) is 0 Å². The predicted octanol–water partition coefficient (Wildman–Crippen LogP) is 0.848. The molecule has 2 fully saturated rings. The molecule has 7 heteroatoms. The normalized spacial score (nSPS) is 20.9. The van der Waals surface area contributed by atoms with Crippen molar-refractivity contribution in [3.05, 3.63) is 35.4 Å². The van der Waals surface area contributed by atoms with Gasteiger partial charge in [0.2, 0.25) is 0 Å². The molecule has 2 aliphatic heterocycles. The molecular weight excluding hydrogens is 312 g/mol. The molecule has 2 amide bonds. The second kappa shape index (κ2) is 7.00. The van der Waals surface area contributed by atoms with Crippen LogP contribution in [0.15, 0.2) is 24.3 Å². The Kier molecular flexibility index (Phi) is 4.80. The van der Waals surface area contributed by atoms with Gasteiger partial charge in [-0.25, -0.2) is 4.79 Å². The first kappa shape index (κ1) is 16.4. The van der Waals surface area contributed by atoms with E-state index in [1.54, 1.807) is 21.9 Å². The maximum Gasteiger partial charge on any atom is 0.336 e. The van der Waals surface area contributed by atoms with Crippen LogP contribution in [-0.2, 0) is 9.53 Å². The Morgan fingerprint density at radius 2 is 1.62 bits per heavy atom. The van der Waals surface area contributed by atoms with E-state index in [-0.39, 0.29) is 29.0 Å². The van der Waals surface area contributed by atoms with Crippen LogP contribution in [0.5, 0.6) is 0 Å². The average molecular weight is 332 g/mol. The Morgan fingerprint density at radius 1 is 1.00 bits per heavy atom. The van der Waals surface area contributed by atoms with E-state index < -0.39 is 5.97 Å². The minimum absolute atomic E-state index is 0.000335. The van der Waals surface area contributed by atoms with E-state index in [1.807, 2.05) is 0 Å². The number of carbonyl (C=O) groups excluding carboxylic acids is 2. The van der Waals surface area contributed by atoms with Crippen LogP contribution >= 0.6 is 0 Å². The summed E-state index contributed by atoms with van der Waals surface area (Å²) in [5.74, 6) is -1.44. The van der Waals surface area contributed by atoms with Crippen LogP contribution in [0.4, 0.5) is 0 Å². The number of ether oxygens (including phenoxy) is 1. The minimum atomic E-state index is -1.12. The molecule has 0 aliphatic carbocycles. The third kappa shape index (κ3) is 3.26. The van der Waals surface area contributed by atoms with Gasteiger partial charge in [0, 0.05) is 32.8 Å². The van der Waals surface area contributed by atoms with Crippen molar-refractivity contribution in [1.29, 1.82) is 0 Å². The fraction of sp³-hybridized carbons (Fsp3) is 0.471. The molecule has 2 saturated heterocycles. The van der Waals surface area contributed by atoms with Crippen molar-refractivity contribution in [2.45, 2.75) is 18.9 Å². The van der Waals surface area contributed by atoms with Gasteiger partial charge in [0.15, 0.2) is 0 Å². The Hall–Kier alpha value is -2.41. The summed E-state index contributed by atoms with van der Waals surface area (Å²) in [5, 5.41) is 9.21. The first-order valence-corrected chi connectivity index (χ1v) is 8.10. The standard InChI is InChI=1S/C17H20N2O5/c20-15(12-4-1-2-5-13(12)17(22)23)18-7-9-19(10-8-18)16(21)14-6-3-11-24-14/h1-2,4-5,14H,3,6-11H2,(H,22,23). The number of hydrogen-bond acceptors (Lipinski definition) is 4. The summed E-state index contributed by atoms with van der Waals surface area (Å²) < 4.78 is 5.42. The fourth-order valence-corrected chi connectivity index (χ4v) is 3.13. The van der Waals surface area contributed by atoms with Crippen molar-refractivity contribution >= 4 is 17.8 Å². The van der Waals surface area contributed by atoms with Gasteiger partial charge in [0.1, 0.15) is 6.10 Å².